The maximum Gasteiger partial charge on any atom is 0.252 e. The van der Waals surface area contributed by atoms with Crippen molar-refractivity contribution in [1.29, 1.82) is 0 Å². The number of amidine groups is 1. The van der Waals surface area contributed by atoms with Gasteiger partial charge in [-0.3, -0.25) is 9.13 Å². The van der Waals surface area contributed by atoms with Crippen LogP contribution < -0.4 is 26.2 Å². The maximum atomic E-state index is 7.23. The molecule has 4 aromatic heterocycles. The summed E-state index contributed by atoms with van der Waals surface area (Å²) in [5, 5.41) is 8.29. The standard InChI is InChI=1S/C108H64BN11O2/c1-7-31-65(32-8-1)71-55-80(67-35-11-3-12-36-67)101(81(56-71)68-37-13-4-14-38-68)116-92-63-98-84(78-47-23-29-53-96(78)121-98)61-86(92)109-87-62-85-79-48-24-30-54-97(79)122-99(85)64-93(87)117(102-82(69-39-15-5-16-40-69)57-72(66-33-9-2-10-34-66)58-83(102)70-41-17-6-18-42-70)95-60-73(59-94(116)100(95)109)103-110-104-112-106(118-88-49-25-19-43-74(88)75-44-20-26-50-89(75)118)114-108-115-107(113-105(111-103)120(104)108)119-90-51-27-21-45-76(90)77-46-22-28-52-91(77)119/h1-64H. The number of fused-ring (bicyclic) bond motifs is 16. The number of hydrogen-bond acceptors (Lipinski definition) is 11. The van der Waals surface area contributed by atoms with Crippen molar-refractivity contribution in [2.45, 2.75) is 0 Å². The molecule has 566 valence electrons. The number of aromatic nitrogens is 2. The molecule has 0 N–H and O–H groups in total. The summed E-state index contributed by atoms with van der Waals surface area (Å²) in [4.78, 5) is 41.0. The van der Waals surface area contributed by atoms with Gasteiger partial charge in [-0.25, -0.2) is 4.90 Å². The highest BCUT2D eigenvalue weighted by atomic mass is 16.3. The third kappa shape index (κ3) is 10.2. The van der Waals surface area contributed by atoms with Crippen LogP contribution in [-0.2, 0) is 0 Å². The molecule has 0 radical (unpaired) electrons. The van der Waals surface area contributed by atoms with E-state index in [9.17, 15) is 0 Å². The Bertz CT molecular complexity index is 7610. The number of benzene rings is 17. The molecule has 21 aromatic rings. The molecule has 0 saturated carbocycles. The number of hydrogen-bond donors (Lipinski definition) is 0. The van der Waals surface area contributed by atoms with Gasteiger partial charge in [0.1, 0.15) is 22.3 Å². The average molecular weight is 1560 g/mol. The van der Waals surface area contributed by atoms with Crippen molar-refractivity contribution in [3.05, 3.63) is 394 Å². The lowest BCUT2D eigenvalue weighted by molar-refractivity contribution is 0.668. The Hall–Kier alpha value is -16.6. The van der Waals surface area contributed by atoms with E-state index in [0.717, 1.165) is 205 Å². The number of aliphatic imine (C=N–C) groups is 6. The Morgan fingerprint density at radius 1 is 0.205 bits per heavy atom. The van der Waals surface area contributed by atoms with Crippen LogP contribution in [0.4, 0.5) is 34.1 Å². The SMILES string of the molecule is c1ccc(-c2cc(-c3ccccc3)c(N3c4cc5oc6ccccc6c5cc4B4c5cc6c(cc5N(c5c(-c7ccccc7)cc(-c7ccccc7)cc5-c5ccccc5)c5cc(C7=NC8=NC(n9c%10ccccc%10c%10ccccc%109)=NC9=NC(n%10c%11ccccc%11c%11ccccc%11%10)=NC(=N7)N89)cc3c54)oc3ccccc36)c(-c3ccccc3)c2)cc1. The lowest BCUT2D eigenvalue weighted by atomic mass is 9.33. The van der Waals surface area contributed by atoms with Gasteiger partial charge in [0.25, 0.3) is 6.71 Å². The number of anilines is 6. The van der Waals surface area contributed by atoms with Crippen LogP contribution in [0, 0.1) is 0 Å². The molecule has 0 bridgehead atoms. The quantitative estimate of drug-likeness (QED) is 0.133. The molecule has 0 spiro atoms. The minimum atomic E-state index is -0.478. The largest absolute Gasteiger partial charge is 0.456 e. The molecule has 9 heterocycles. The van der Waals surface area contributed by atoms with Crippen LogP contribution in [0.15, 0.2) is 427 Å². The van der Waals surface area contributed by atoms with Crippen molar-refractivity contribution in [1.82, 2.24) is 14.0 Å². The fraction of sp³-hybridized carbons (Fsp3) is 0. The van der Waals surface area contributed by atoms with Crippen LogP contribution in [0.3, 0.4) is 0 Å². The molecule has 17 aromatic carbocycles. The first-order valence-electron chi connectivity index (χ1n) is 41.2. The summed E-state index contributed by atoms with van der Waals surface area (Å²) in [5.41, 5.74) is 28.6. The highest BCUT2D eigenvalue weighted by Crippen LogP contribution is 2.56. The van der Waals surface area contributed by atoms with Crippen molar-refractivity contribution < 1.29 is 8.83 Å². The third-order valence-electron chi connectivity index (χ3n) is 24.9. The summed E-state index contributed by atoms with van der Waals surface area (Å²) in [6.45, 7) is -0.478. The first-order valence-corrected chi connectivity index (χ1v) is 41.2. The van der Waals surface area contributed by atoms with Crippen LogP contribution in [0.2, 0.25) is 0 Å². The molecule has 5 aliphatic rings. The van der Waals surface area contributed by atoms with E-state index in [-0.39, 0.29) is 11.9 Å². The average Bonchev–Trinajstić information content (AvgIpc) is 0.827. The van der Waals surface area contributed by atoms with Gasteiger partial charge in [0.15, 0.2) is 5.84 Å². The minimum absolute atomic E-state index is 0.289. The van der Waals surface area contributed by atoms with Gasteiger partial charge in [-0.15, -0.1) is 0 Å². The second-order valence-electron chi connectivity index (χ2n) is 31.6. The smallest absolute Gasteiger partial charge is 0.252 e. The Morgan fingerprint density at radius 2 is 0.508 bits per heavy atom. The molecule has 122 heavy (non-hydrogen) atoms. The van der Waals surface area contributed by atoms with E-state index in [1.54, 1.807) is 4.90 Å². The molecule has 14 heteroatoms. The topological polar surface area (TPSA) is 120 Å². The Labute approximate surface area is 699 Å². The molecule has 5 aliphatic heterocycles. The molecule has 0 aliphatic carbocycles. The predicted octanol–water partition coefficient (Wildman–Crippen LogP) is 24.8. The fourth-order valence-electron chi connectivity index (χ4n) is 19.6. The second kappa shape index (κ2) is 26.5. The molecule has 0 fully saturated rings. The van der Waals surface area contributed by atoms with Crippen LogP contribution in [-0.4, -0.2) is 56.4 Å². The zero-order valence-corrected chi connectivity index (χ0v) is 65.3. The van der Waals surface area contributed by atoms with E-state index < -0.39 is 6.71 Å². The summed E-state index contributed by atoms with van der Waals surface area (Å²) in [6.07, 6.45) is 0. The number of furan rings is 2. The lowest BCUT2D eigenvalue weighted by Gasteiger charge is -2.46. The van der Waals surface area contributed by atoms with Gasteiger partial charge in [-0.1, -0.05) is 303 Å². The van der Waals surface area contributed by atoms with E-state index in [2.05, 4.69) is 407 Å². The number of para-hydroxylation sites is 6. The van der Waals surface area contributed by atoms with Crippen LogP contribution in [0.25, 0.3) is 154 Å². The zero-order valence-electron chi connectivity index (χ0n) is 65.3. The van der Waals surface area contributed by atoms with Gasteiger partial charge in [0, 0.05) is 106 Å². The van der Waals surface area contributed by atoms with Crippen molar-refractivity contribution in [3.63, 3.8) is 0 Å². The van der Waals surface area contributed by atoms with E-state index in [1.807, 2.05) is 0 Å². The Morgan fingerprint density at radius 3 is 0.877 bits per heavy atom. The third-order valence-corrected chi connectivity index (χ3v) is 24.9. The zero-order chi connectivity index (χ0) is 79.8. The van der Waals surface area contributed by atoms with Crippen LogP contribution in [0.5, 0.6) is 0 Å². The van der Waals surface area contributed by atoms with Crippen molar-refractivity contribution in [2.24, 2.45) is 30.0 Å². The van der Waals surface area contributed by atoms with Gasteiger partial charge in [-0.2, -0.15) is 30.0 Å². The van der Waals surface area contributed by atoms with Gasteiger partial charge in [-0.05, 0) is 134 Å². The van der Waals surface area contributed by atoms with E-state index >= 15 is 0 Å². The molecule has 13 nitrogen and oxygen atoms in total. The van der Waals surface area contributed by atoms with Gasteiger partial charge in [0.05, 0.1) is 33.4 Å². The van der Waals surface area contributed by atoms with Crippen molar-refractivity contribution in [3.8, 4) is 66.8 Å². The molecule has 0 unspecified atom stereocenters. The molecule has 0 atom stereocenters. The maximum absolute atomic E-state index is 7.23. The minimum Gasteiger partial charge on any atom is -0.456 e. The summed E-state index contributed by atoms with van der Waals surface area (Å²) in [5.74, 6) is 2.00. The monoisotopic (exact) mass is 1560 g/mol. The summed E-state index contributed by atoms with van der Waals surface area (Å²) in [6, 6.07) is 139. The van der Waals surface area contributed by atoms with Gasteiger partial charge < -0.3 is 18.6 Å². The lowest BCUT2D eigenvalue weighted by Crippen LogP contribution is -2.61. The van der Waals surface area contributed by atoms with Gasteiger partial charge >= 0.3 is 0 Å². The molecular formula is C108H64BN11O2. The summed E-state index contributed by atoms with van der Waals surface area (Å²) < 4.78 is 18.7. The number of nitrogens with zero attached hydrogens (tertiary/aromatic N) is 11. The van der Waals surface area contributed by atoms with Crippen LogP contribution in [0.1, 0.15) is 5.56 Å². The van der Waals surface area contributed by atoms with Crippen molar-refractivity contribution in [2.75, 3.05) is 9.80 Å². The first-order chi connectivity index (χ1) is 60.5. The fourth-order valence-corrected chi connectivity index (χ4v) is 19.6. The molecule has 0 amide bonds. The number of rotatable bonds is 9. The first kappa shape index (κ1) is 67.6. The van der Waals surface area contributed by atoms with Crippen LogP contribution >= 0.6 is 0 Å². The number of guanidine groups is 3. The summed E-state index contributed by atoms with van der Waals surface area (Å²) >= 11 is 0. The Kier molecular flexibility index (Phi) is 14.7. The van der Waals surface area contributed by atoms with E-state index in [0.29, 0.717) is 29.3 Å². The van der Waals surface area contributed by atoms with Crippen molar-refractivity contribution >= 4 is 180 Å². The van der Waals surface area contributed by atoms with Gasteiger partial charge in [0.2, 0.25) is 29.8 Å². The predicted molar refractivity (Wildman–Crippen MR) is 503 cm³/mol. The Balaban J connectivity index is 0.843. The van der Waals surface area contributed by atoms with E-state index in [1.165, 1.54) is 0 Å². The highest BCUT2D eigenvalue weighted by molar-refractivity contribution is 7.00. The highest BCUT2D eigenvalue weighted by Gasteiger charge is 2.48. The normalized spacial score (nSPS) is 14.0. The second-order valence-corrected chi connectivity index (χ2v) is 31.6. The molecule has 0 saturated heterocycles. The van der Waals surface area contributed by atoms with E-state index in [4.69, 9.17) is 38.8 Å². The summed E-state index contributed by atoms with van der Waals surface area (Å²) in [7, 11) is 0. The molecule has 26 rings (SSSR count). The molecular weight excluding hydrogens is 1490 g/mol.